The van der Waals surface area contributed by atoms with Crippen LogP contribution in [0.4, 0.5) is 0 Å². The molecular weight excluding hydrogens is 271 g/mol. The summed E-state index contributed by atoms with van der Waals surface area (Å²) in [5, 5.41) is 11.9. The predicted octanol–water partition coefficient (Wildman–Crippen LogP) is 3.86. The van der Waals surface area contributed by atoms with Crippen LogP contribution in [0.1, 0.15) is 32.3 Å². The molecule has 1 N–H and O–H groups in total. The van der Waals surface area contributed by atoms with Crippen LogP contribution in [0.25, 0.3) is 0 Å². The highest BCUT2D eigenvalue weighted by atomic mass is 35.5. The van der Waals surface area contributed by atoms with E-state index in [9.17, 15) is 5.11 Å². The molecule has 2 rings (SSSR count). The lowest BCUT2D eigenvalue weighted by molar-refractivity contribution is -0.143. The van der Waals surface area contributed by atoms with Crippen LogP contribution < -0.4 is 0 Å². The molecule has 1 saturated heterocycles. The Morgan fingerprint density at radius 3 is 2.67 bits per heavy atom. The first-order valence-corrected chi connectivity index (χ1v) is 6.86. The van der Waals surface area contributed by atoms with Crippen molar-refractivity contribution in [2.45, 2.75) is 44.3 Å². The van der Waals surface area contributed by atoms with Crippen molar-refractivity contribution in [2.24, 2.45) is 0 Å². The summed E-state index contributed by atoms with van der Waals surface area (Å²) in [5.41, 5.74) is -0.105. The summed E-state index contributed by atoms with van der Waals surface area (Å²) >= 11 is 12.0. The second kappa shape index (κ2) is 5.01. The van der Waals surface area contributed by atoms with E-state index in [0.717, 1.165) is 5.56 Å². The predicted molar refractivity (Wildman–Crippen MR) is 74.4 cm³/mol. The second-order valence-corrected chi connectivity index (χ2v) is 6.52. The van der Waals surface area contributed by atoms with Crippen LogP contribution in [0, 0.1) is 0 Å². The summed E-state index contributed by atoms with van der Waals surface area (Å²) in [7, 11) is 0. The fourth-order valence-electron chi connectivity index (χ4n) is 2.62. The maximum absolute atomic E-state index is 10.7. The van der Waals surface area contributed by atoms with Crippen LogP contribution in [0.15, 0.2) is 18.2 Å². The molecule has 1 aromatic rings. The molecule has 0 saturated carbocycles. The van der Waals surface area contributed by atoms with Crippen molar-refractivity contribution < 1.29 is 9.84 Å². The maximum Gasteiger partial charge on any atom is 0.0737 e. The van der Waals surface area contributed by atoms with Gasteiger partial charge in [0.15, 0.2) is 0 Å². The van der Waals surface area contributed by atoms with E-state index in [1.807, 2.05) is 19.9 Å². The molecule has 1 atom stereocenters. The average Bonchev–Trinajstić information content (AvgIpc) is 2.20. The molecule has 0 radical (unpaired) electrons. The minimum Gasteiger partial charge on any atom is -0.389 e. The zero-order chi connectivity index (χ0) is 13.4. The highest BCUT2D eigenvalue weighted by Gasteiger charge is 2.39. The molecule has 0 aliphatic carbocycles. The van der Waals surface area contributed by atoms with Gasteiger partial charge in [-0.15, -0.1) is 0 Å². The number of ether oxygens (including phenoxy) is 1. The van der Waals surface area contributed by atoms with Gasteiger partial charge in [0.2, 0.25) is 0 Å². The van der Waals surface area contributed by atoms with E-state index in [2.05, 4.69) is 0 Å². The van der Waals surface area contributed by atoms with Gasteiger partial charge >= 0.3 is 0 Å². The third-order valence-corrected chi connectivity index (χ3v) is 3.94. The average molecular weight is 289 g/mol. The molecule has 2 nitrogen and oxygen atoms in total. The summed E-state index contributed by atoms with van der Waals surface area (Å²) in [6.07, 6.45) is 1.78. The molecule has 1 aromatic carbocycles. The van der Waals surface area contributed by atoms with E-state index >= 15 is 0 Å². The molecule has 0 bridgehead atoms. The quantitative estimate of drug-likeness (QED) is 0.896. The zero-order valence-corrected chi connectivity index (χ0v) is 12.2. The fraction of sp³-hybridized carbons (Fsp3) is 0.571. The molecule has 1 aliphatic heterocycles. The van der Waals surface area contributed by atoms with Crippen molar-refractivity contribution in [3.8, 4) is 0 Å². The van der Waals surface area contributed by atoms with Gasteiger partial charge in [0.05, 0.1) is 17.8 Å². The largest absolute Gasteiger partial charge is 0.389 e. The summed E-state index contributed by atoms with van der Waals surface area (Å²) in [4.78, 5) is 0. The van der Waals surface area contributed by atoms with Crippen molar-refractivity contribution in [3.05, 3.63) is 33.8 Å². The van der Waals surface area contributed by atoms with Crippen molar-refractivity contribution >= 4 is 23.2 Å². The van der Waals surface area contributed by atoms with E-state index in [4.69, 9.17) is 27.9 Å². The van der Waals surface area contributed by atoms with Gasteiger partial charge in [0.25, 0.3) is 0 Å². The molecule has 4 heteroatoms. The normalized spacial score (nSPS) is 27.2. The number of halogens is 2. The lowest BCUT2D eigenvalue weighted by atomic mass is 9.80. The third-order valence-electron chi connectivity index (χ3n) is 3.35. The molecule has 0 aromatic heterocycles. The van der Waals surface area contributed by atoms with E-state index in [1.165, 1.54) is 0 Å². The Morgan fingerprint density at radius 1 is 1.33 bits per heavy atom. The first kappa shape index (κ1) is 14.1. The van der Waals surface area contributed by atoms with Gasteiger partial charge in [0.1, 0.15) is 0 Å². The monoisotopic (exact) mass is 288 g/mol. The van der Waals surface area contributed by atoms with Gasteiger partial charge in [-0.05, 0) is 38.0 Å². The van der Waals surface area contributed by atoms with Crippen molar-refractivity contribution in [3.63, 3.8) is 0 Å². The number of hydrogen-bond donors (Lipinski definition) is 1. The van der Waals surface area contributed by atoms with Crippen LogP contribution in [0.5, 0.6) is 0 Å². The molecule has 1 aliphatic rings. The maximum atomic E-state index is 10.7. The third kappa shape index (κ3) is 3.39. The van der Waals surface area contributed by atoms with Gasteiger partial charge in [-0.2, -0.15) is 0 Å². The molecule has 18 heavy (non-hydrogen) atoms. The minimum absolute atomic E-state index is 0.286. The van der Waals surface area contributed by atoms with Crippen molar-refractivity contribution in [1.82, 2.24) is 0 Å². The molecule has 1 unspecified atom stereocenters. The molecule has 0 spiro atoms. The molecule has 0 amide bonds. The van der Waals surface area contributed by atoms with E-state index in [-0.39, 0.29) is 5.60 Å². The van der Waals surface area contributed by atoms with Crippen LogP contribution >= 0.6 is 23.2 Å². The molecule has 1 heterocycles. The second-order valence-electron chi connectivity index (χ2n) is 5.67. The molecular formula is C14H18Cl2O2. The zero-order valence-electron chi connectivity index (χ0n) is 10.7. The molecule has 1 fully saturated rings. The van der Waals surface area contributed by atoms with Gasteiger partial charge in [-0.25, -0.2) is 0 Å². The van der Waals surface area contributed by atoms with Crippen LogP contribution in [-0.2, 0) is 11.2 Å². The Balaban J connectivity index is 2.17. The standard InChI is InChI=1S/C14H18Cl2O2/c1-13(2)9-14(17,5-6-18-13)8-10-3-4-11(15)7-12(10)16/h3-4,7,17H,5-6,8-9H2,1-2H3. The van der Waals surface area contributed by atoms with Gasteiger partial charge in [-0.3, -0.25) is 0 Å². The number of aliphatic hydroxyl groups is 1. The number of benzene rings is 1. The fourth-order valence-corrected chi connectivity index (χ4v) is 3.09. The van der Waals surface area contributed by atoms with Crippen molar-refractivity contribution in [1.29, 1.82) is 0 Å². The lowest BCUT2D eigenvalue weighted by Gasteiger charge is -2.41. The van der Waals surface area contributed by atoms with Crippen LogP contribution in [0.3, 0.4) is 0 Å². The number of hydrogen-bond acceptors (Lipinski definition) is 2. The Hall–Kier alpha value is -0.280. The van der Waals surface area contributed by atoms with Crippen LogP contribution in [0.2, 0.25) is 10.0 Å². The Bertz CT molecular complexity index is 445. The van der Waals surface area contributed by atoms with E-state index in [0.29, 0.717) is 35.9 Å². The van der Waals surface area contributed by atoms with Crippen molar-refractivity contribution in [2.75, 3.05) is 6.61 Å². The smallest absolute Gasteiger partial charge is 0.0737 e. The summed E-state index contributed by atoms with van der Waals surface area (Å²) in [5.74, 6) is 0. The van der Waals surface area contributed by atoms with Gasteiger partial charge in [0, 0.05) is 22.9 Å². The minimum atomic E-state index is -0.751. The van der Waals surface area contributed by atoms with E-state index in [1.54, 1.807) is 12.1 Å². The number of rotatable bonds is 2. The lowest BCUT2D eigenvalue weighted by Crippen LogP contribution is -2.47. The summed E-state index contributed by atoms with van der Waals surface area (Å²) in [6.45, 7) is 4.58. The first-order valence-electron chi connectivity index (χ1n) is 6.10. The van der Waals surface area contributed by atoms with Gasteiger partial charge < -0.3 is 9.84 Å². The highest BCUT2D eigenvalue weighted by molar-refractivity contribution is 6.35. The SMILES string of the molecule is CC1(C)CC(O)(Cc2ccc(Cl)cc2Cl)CCO1. The van der Waals surface area contributed by atoms with Gasteiger partial charge in [-0.1, -0.05) is 29.3 Å². The van der Waals surface area contributed by atoms with E-state index < -0.39 is 5.60 Å². The molecule has 100 valence electrons. The Kier molecular flexibility index (Phi) is 3.93. The van der Waals surface area contributed by atoms with Crippen LogP contribution in [-0.4, -0.2) is 22.9 Å². The first-order chi connectivity index (χ1) is 8.30. The Morgan fingerprint density at radius 2 is 2.06 bits per heavy atom. The Labute approximate surface area is 118 Å². The summed E-state index contributed by atoms with van der Waals surface area (Å²) in [6, 6.07) is 5.40. The highest BCUT2D eigenvalue weighted by Crippen LogP contribution is 2.36. The summed E-state index contributed by atoms with van der Waals surface area (Å²) < 4.78 is 5.63. The topological polar surface area (TPSA) is 29.5 Å².